The molecule has 0 saturated heterocycles. The third-order valence-electron chi connectivity index (χ3n) is 2.43. The van der Waals surface area contributed by atoms with Crippen LogP contribution in [-0.2, 0) is 9.47 Å². The SMILES string of the molecule is COCCNc1nc(N)c(C(=O)NCCOCC(C)C)s1. The van der Waals surface area contributed by atoms with Crippen LogP contribution in [0.4, 0.5) is 10.9 Å². The Hall–Kier alpha value is -1.38. The first-order chi connectivity index (χ1) is 10.0. The molecule has 0 fully saturated rings. The van der Waals surface area contributed by atoms with E-state index in [1.807, 2.05) is 0 Å². The number of ether oxygens (including phenoxy) is 2. The second-order valence-electron chi connectivity index (χ2n) is 4.88. The Morgan fingerprint density at radius 2 is 2.14 bits per heavy atom. The molecule has 0 spiro atoms. The number of rotatable bonds is 10. The molecular weight excluding hydrogens is 292 g/mol. The number of nitrogens with two attached hydrogens (primary N) is 1. The Kier molecular flexibility index (Phi) is 8.03. The van der Waals surface area contributed by atoms with Gasteiger partial charge in [-0.2, -0.15) is 0 Å². The molecule has 1 amide bonds. The van der Waals surface area contributed by atoms with Crippen molar-refractivity contribution in [3.63, 3.8) is 0 Å². The van der Waals surface area contributed by atoms with Gasteiger partial charge in [-0.05, 0) is 5.92 Å². The minimum Gasteiger partial charge on any atom is -0.383 e. The van der Waals surface area contributed by atoms with Gasteiger partial charge in [0.15, 0.2) is 5.13 Å². The van der Waals surface area contributed by atoms with Crippen LogP contribution in [0.25, 0.3) is 0 Å². The van der Waals surface area contributed by atoms with Crippen LogP contribution in [0.3, 0.4) is 0 Å². The summed E-state index contributed by atoms with van der Waals surface area (Å²) < 4.78 is 10.3. The molecule has 4 N–H and O–H groups in total. The van der Waals surface area contributed by atoms with Crippen molar-refractivity contribution in [2.24, 2.45) is 5.92 Å². The van der Waals surface area contributed by atoms with Crippen molar-refractivity contribution in [1.29, 1.82) is 0 Å². The van der Waals surface area contributed by atoms with Crippen molar-refractivity contribution in [1.82, 2.24) is 10.3 Å². The van der Waals surface area contributed by atoms with Crippen molar-refractivity contribution in [2.75, 3.05) is 51.1 Å². The zero-order chi connectivity index (χ0) is 15.7. The minimum absolute atomic E-state index is 0.224. The van der Waals surface area contributed by atoms with E-state index in [1.54, 1.807) is 7.11 Å². The van der Waals surface area contributed by atoms with Gasteiger partial charge in [0.25, 0.3) is 5.91 Å². The van der Waals surface area contributed by atoms with Gasteiger partial charge in [0.05, 0.1) is 13.2 Å². The van der Waals surface area contributed by atoms with Crippen LogP contribution < -0.4 is 16.4 Å². The van der Waals surface area contributed by atoms with Gasteiger partial charge in [0.2, 0.25) is 0 Å². The number of hydrogen-bond acceptors (Lipinski definition) is 7. The fraction of sp³-hybridized carbons (Fsp3) is 0.692. The fourth-order valence-electron chi connectivity index (χ4n) is 1.47. The normalized spacial score (nSPS) is 10.9. The number of amides is 1. The van der Waals surface area contributed by atoms with Crippen LogP contribution in [0, 0.1) is 5.92 Å². The molecule has 7 nitrogen and oxygen atoms in total. The molecule has 0 unspecified atom stereocenters. The third kappa shape index (κ3) is 6.74. The maximum absolute atomic E-state index is 12.0. The molecule has 0 radical (unpaired) electrons. The summed E-state index contributed by atoms with van der Waals surface area (Å²) in [7, 11) is 1.62. The second kappa shape index (κ2) is 9.54. The van der Waals surface area contributed by atoms with Gasteiger partial charge < -0.3 is 25.8 Å². The minimum atomic E-state index is -0.224. The van der Waals surface area contributed by atoms with Crippen molar-refractivity contribution >= 4 is 28.2 Å². The molecule has 1 aromatic heterocycles. The van der Waals surface area contributed by atoms with Crippen molar-refractivity contribution in [2.45, 2.75) is 13.8 Å². The highest BCUT2D eigenvalue weighted by Crippen LogP contribution is 2.24. The Labute approximate surface area is 129 Å². The highest BCUT2D eigenvalue weighted by atomic mass is 32.1. The van der Waals surface area contributed by atoms with E-state index in [0.717, 1.165) is 0 Å². The maximum atomic E-state index is 12.0. The number of thiazole rings is 1. The van der Waals surface area contributed by atoms with Crippen molar-refractivity contribution in [3.05, 3.63) is 4.88 Å². The number of nitrogens with zero attached hydrogens (tertiary/aromatic N) is 1. The first-order valence-electron chi connectivity index (χ1n) is 6.89. The quantitative estimate of drug-likeness (QED) is 0.561. The lowest BCUT2D eigenvalue weighted by molar-refractivity contribution is 0.0890. The summed E-state index contributed by atoms with van der Waals surface area (Å²) in [5.74, 6) is 0.497. The molecule has 0 atom stereocenters. The number of anilines is 2. The molecule has 0 aliphatic carbocycles. The zero-order valence-electron chi connectivity index (χ0n) is 12.8. The molecule has 0 aromatic carbocycles. The number of carbonyl (C=O) groups is 1. The predicted molar refractivity (Wildman–Crippen MR) is 84.9 cm³/mol. The van der Waals surface area contributed by atoms with Gasteiger partial charge in [-0.15, -0.1) is 0 Å². The van der Waals surface area contributed by atoms with Crippen LogP contribution in [0.2, 0.25) is 0 Å². The van der Waals surface area contributed by atoms with Crippen LogP contribution in [0.15, 0.2) is 0 Å². The fourth-order valence-corrected chi connectivity index (χ4v) is 2.29. The zero-order valence-corrected chi connectivity index (χ0v) is 13.6. The van der Waals surface area contributed by atoms with Gasteiger partial charge in [-0.25, -0.2) is 4.98 Å². The monoisotopic (exact) mass is 316 g/mol. The number of carbonyl (C=O) groups excluding carboxylic acids is 1. The Morgan fingerprint density at radius 1 is 1.38 bits per heavy atom. The lowest BCUT2D eigenvalue weighted by Gasteiger charge is -2.07. The Morgan fingerprint density at radius 3 is 2.81 bits per heavy atom. The van der Waals surface area contributed by atoms with Crippen molar-refractivity contribution in [3.8, 4) is 0 Å². The van der Waals surface area contributed by atoms with E-state index in [0.29, 0.717) is 48.8 Å². The van der Waals surface area contributed by atoms with Gasteiger partial charge in [0, 0.05) is 26.8 Å². The molecule has 8 heteroatoms. The molecule has 0 aliphatic rings. The van der Waals surface area contributed by atoms with E-state index in [-0.39, 0.29) is 11.7 Å². The summed E-state index contributed by atoms with van der Waals surface area (Å²) in [4.78, 5) is 16.5. The molecule has 0 aliphatic heterocycles. The first-order valence-corrected chi connectivity index (χ1v) is 7.71. The third-order valence-corrected chi connectivity index (χ3v) is 3.45. The molecule has 21 heavy (non-hydrogen) atoms. The lowest BCUT2D eigenvalue weighted by Crippen LogP contribution is -2.27. The molecular formula is C13H24N4O3S. The Bertz CT molecular complexity index is 437. The summed E-state index contributed by atoms with van der Waals surface area (Å²) in [6.45, 7) is 6.97. The predicted octanol–water partition coefficient (Wildman–Crippen LogP) is 1.19. The van der Waals surface area contributed by atoms with Crippen LogP contribution in [-0.4, -0.2) is 50.9 Å². The summed E-state index contributed by atoms with van der Waals surface area (Å²) in [5, 5.41) is 6.43. The van der Waals surface area contributed by atoms with Crippen molar-refractivity contribution < 1.29 is 14.3 Å². The number of hydrogen-bond donors (Lipinski definition) is 3. The van der Waals surface area contributed by atoms with Gasteiger partial charge >= 0.3 is 0 Å². The Balaban J connectivity index is 2.36. The highest BCUT2D eigenvalue weighted by molar-refractivity contribution is 7.18. The van der Waals surface area contributed by atoms with Gasteiger partial charge in [-0.3, -0.25) is 4.79 Å². The van der Waals surface area contributed by atoms with Gasteiger partial charge in [0.1, 0.15) is 10.7 Å². The van der Waals surface area contributed by atoms with E-state index in [4.69, 9.17) is 15.2 Å². The van der Waals surface area contributed by atoms with Crippen LogP contribution in [0.5, 0.6) is 0 Å². The van der Waals surface area contributed by atoms with E-state index in [2.05, 4.69) is 29.5 Å². The summed E-state index contributed by atoms with van der Waals surface area (Å²) >= 11 is 1.23. The molecule has 120 valence electrons. The number of nitrogen functional groups attached to an aromatic ring is 1. The van der Waals surface area contributed by atoms with E-state index >= 15 is 0 Å². The van der Waals surface area contributed by atoms with E-state index in [1.165, 1.54) is 11.3 Å². The van der Waals surface area contributed by atoms with Gasteiger partial charge in [-0.1, -0.05) is 25.2 Å². The molecule has 1 rings (SSSR count). The lowest BCUT2D eigenvalue weighted by atomic mass is 10.2. The number of methoxy groups -OCH3 is 1. The largest absolute Gasteiger partial charge is 0.383 e. The molecule has 0 bridgehead atoms. The summed E-state index contributed by atoms with van der Waals surface area (Å²) in [6.07, 6.45) is 0. The van der Waals surface area contributed by atoms with Crippen LogP contribution in [0.1, 0.15) is 23.5 Å². The number of aromatic nitrogens is 1. The highest BCUT2D eigenvalue weighted by Gasteiger charge is 2.15. The van der Waals surface area contributed by atoms with Crippen LogP contribution >= 0.6 is 11.3 Å². The maximum Gasteiger partial charge on any atom is 0.265 e. The number of nitrogens with one attached hydrogen (secondary N) is 2. The molecule has 1 heterocycles. The molecule has 1 aromatic rings. The van der Waals surface area contributed by atoms with E-state index < -0.39 is 0 Å². The second-order valence-corrected chi connectivity index (χ2v) is 5.88. The summed E-state index contributed by atoms with van der Waals surface area (Å²) in [5.41, 5.74) is 5.75. The smallest absolute Gasteiger partial charge is 0.265 e. The average Bonchev–Trinajstić information content (AvgIpc) is 2.79. The topological polar surface area (TPSA) is 98.5 Å². The first kappa shape index (κ1) is 17.7. The average molecular weight is 316 g/mol. The standard InChI is InChI=1S/C13H24N4O3S/c1-9(2)8-20-7-5-15-12(18)10-11(14)17-13(21-10)16-4-6-19-3/h9H,4-8,14H2,1-3H3,(H,15,18)(H,16,17). The van der Waals surface area contributed by atoms with E-state index in [9.17, 15) is 4.79 Å². The molecule has 0 saturated carbocycles. The summed E-state index contributed by atoms with van der Waals surface area (Å²) in [6, 6.07) is 0.